The van der Waals surface area contributed by atoms with E-state index in [9.17, 15) is 9.50 Å². The molecule has 0 saturated carbocycles. The quantitative estimate of drug-likeness (QED) is 0.315. The molecule has 0 amide bonds. The van der Waals surface area contributed by atoms with Gasteiger partial charge in [0, 0.05) is 23.4 Å². The molecule has 4 N–H and O–H groups in total. The van der Waals surface area contributed by atoms with Gasteiger partial charge in [-0.05, 0) is 47.6 Å². The van der Waals surface area contributed by atoms with E-state index in [1.54, 1.807) is 6.07 Å². The number of rotatable bonds is 4. The first-order chi connectivity index (χ1) is 18.5. The van der Waals surface area contributed by atoms with Crippen LogP contribution in [0.3, 0.4) is 0 Å². The number of thioether (sulfide) groups is 1. The smallest absolute Gasteiger partial charge is 0.193 e. The van der Waals surface area contributed by atoms with E-state index in [2.05, 4.69) is 21.7 Å². The molecule has 3 fully saturated rings. The first-order valence-corrected chi connectivity index (χ1v) is 14.0. The number of hydrogen-bond donors (Lipinski definition) is 3. The van der Waals surface area contributed by atoms with Gasteiger partial charge >= 0.3 is 0 Å². The normalized spacial score (nSPS) is 24.3. The van der Waals surface area contributed by atoms with Crippen molar-refractivity contribution in [3.05, 3.63) is 66.5 Å². The Kier molecular flexibility index (Phi) is 7.25. The van der Waals surface area contributed by atoms with Crippen molar-refractivity contribution < 1.29 is 23.7 Å². The van der Waals surface area contributed by atoms with Crippen molar-refractivity contribution in [2.45, 2.75) is 37.3 Å². The number of aliphatic hydroxyl groups is 1. The monoisotopic (exact) mass is 535 g/mol. The summed E-state index contributed by atoms with van der Waals surface area (Å²) in [6, 6.07) is 18.3. The predicted octanol–water partition coefficient (Wildman–Crippen LogP) is 5.04. The van der Waals surface area contributed by atoms with Crippen molar-refractivity contribution in [2.75, 3.05) is 30.5 Å². The average molecular weight is 536 g/mol. The molecule has 7 nitrogen and oxygen atoms in total. The van der Waals surface area contributed by atoms with Gasteiger partial charge in [-0.1, -0.05) is 36.4 Å². The van der Waals surface area contributed by atoms with Gasteiger partial charge in [-0.15, -0.1) is 0 Å². The fraction of sp³-hybridized carbons (Fsp3) is 0.345. The number of nitrogens with two attached hydrogens (primary N) is 1. The molecule has 0 aliphatic carbocycles. The Morgan fingerprint density at radius 3 is 2.26 bits per heavy atom. The van der Waals surface area contributed by atoms with Crippen molar-refractivity contribution in [3.8, 4) is 28.3 Å². The van der Waals surface area contributed by atoms with Crippen LogP contribution in [0, 0.1) is 5.82 Å². The molecular formula is C29H30FN3O4S. The molecule has 3 saturated heterocycles. The van der Waals surface area contributed by atoms with Crippen LogP contribution >= 0.6 is 11.8 Å². The highest BCUT2D eigenvalue weighted by atomic mass is 32.2. The molecule has 4 aromatic rings. The molecule has 9 heteroatoms. The second-order valence-electron chi connectivity index (χ2n) is 9.72. The zero-order valence-electron chi connectivity index (χ0n) is 20.8. The average Bonchev–Trinajstić information content (AvgIpc) is 3.73. The van der Waals surface area contributed by atoms with Crippen LogP contribution in [-0.2, 0) is 9.47 Å². The number of halogens is 1. The lowest BCUT2D eigenvalue weighted by molar-refractivity contribution is 0.00794. The number of benzene rings is 2. The second-order valence-corrected chi connectivity index (χ2v) is 10.9. The van der Waals surface area contributed by atoms with E-state index >= 15 is 0 Å². The molecule has 2 aromatic carbocycles. The summed E-state index contributed by atoms with van der Waals surface area (Å²) >= 11 is 2.07. The molecule has 0 radical (unpaired) electrons. The molecule has 7 rings (SSSR count). The van der Waals surface area contributed by atoms with Crippen molar-refractivity contribution >= 4 is 28.5 Å². The molecule has 5 heterocycles. The molecule has 38 heavy (non-hydrogen) atoms. The van der Waals surface area contributed by atoms with Crippen LogP contribution in [0.2, 0.25) is 0 Å². The number of aliphatic hydroxyl groups excluding tert-OH is 1. The summed E-state index contributed by atoms with van der Waals surface area (Å²) in [5.41, 5.74) is 10.6. The Morgan fingerprint density at radius 2 is 1.58 bits per heavy atom. The van der Waals surface area contributed by atoms with Crippen LogP contribution in [0.5, 0.6) is 5.88 Å². The van der Waals surface area contributed by atoms with Crippen LogP contribution < -0.4 is 10.5 Å². The molecule has 3 aliphatic heterocycles. The molecule has 2 unspecified atom stereocenters. The maximum atomic E-state index is 14.9. The van der Waals surface area contributed by atoms with Gasteiger partial charge in [-0.3, -0.25) is 0 Å². The first-order valence-electron chi connectivity index (χ1n) is 12.9. The molecule has 2 aromatic heterocycles. The van der Waals surface area contributed by atoms with Crippen LogP contribution in [0.1, 0.15) is 12.8 Å². The lowest BCUT2D eigenvalue weighted by atomic mass is 10.0. The highest BCUT2D eigenvalue weighted by Gasteiger charge is 2.48. The molecule has 3 aliphatic rings. The number of aromatic nitrogens is 2. The number of nitrogens with one attached hydrogen (secondary N) is 1. The van der Waals surface area contributed by atoms with Gasteiger partial charge in [-0.2, -0.15) is 11.8 Å². The summed E-state index contributed by atoms with van der Waals surface area (Å²) in [6.45, 7) is 0.546. The largest absolute Gasteiger partial charge is 0.470 e. The molecular weight excluding hydrogens is 505 g/mol. The van der Waals surface area contributed by atoms with E-state index < -0.39 is 11.9 Å². The van der Waals surface area contributed by atoms with Crippen molar-refractivity contribution in [3.63, 3.8) is 0 Å². The van der Waals surface area contributed by atoms with Gasteiger partial charge in [0.05, 0.1) is 24.2 Å². The summed E-state index contributed by atoms with van der Waals surface area (Å²) in [6.07, 6.45) is 1.22. The summed E-state index contributed by atoms with van der Waals surface area (Å²) in [5, 5.41) is 9.89. The van der Waals surface area contributed by atoms with Crippen molar-refractivity contribution in [2.24, 2.45) is 0 Å². The highest BCUT2D eigenvalue weighted by Crippen LogP contribution is 2.32. The Morgan fingerprint density at radius 1 is 0.921 bits per heavy atom. The number of hydrogen-bond acceptors (Lipinski definition) is 7. The number of nitrogens with zero attached hydrogens (tertiary/aromatic N) is 1. The minimum absolute atomic E-state index is 0.231. The number of H-pyrrole nitrogens is 1. The van der Waals surface area contributed by atoms with E-state index in [0.717, 1.165) is 11.1 Å². The van der Waals surface area contributed by atoms with E-state index in [1.165, 1.54) is 30.4 Å². The summed E-state index contributed by atoms with van der Waals surface area (Å²) in [4.78, 5) is 7.59. The minimum Gasteiger partial charge on any atom is -0.470 e. The summed E-state index contributed by atoms with van der Waals surface area (Å²) < 4.78 is 32.1. The topological polar surface area (TPSA) is 103 Å². The maximum Gasteiger partial charge on any atom is 0.193 e. The first kappa shape index (κ1) is 25.2. The third-order valence-electron chi connectivity index (χ3n) is 7.02. The number of aromatic amines is 1. The van der Waals surface area contributed by atoms with Gasteiger partial charge in [0.2, 0.25) is 0 Å². The molecule has 198 valence electrons. The number of nitrogen functional groups attached to an aromatic ring is 1. The third-order valence-corrected chi connectivity index (χ3v) is 8.18. The number of anilines is 1. The molecule has 4 atom stereocenters. The van der Waals surface area contributed by atoms with Gasteiger partial charge < -0.3 is 30.0 Å². The van der Waals surface area contributed by atoms with Gasteiger partial charge in [0.1, 0.15) is 24.0 Å². The van der Waals surface area contributed by atoms with E-state index in [4.69, 9.17) is 19.9 Å². The fourth-order valence-corrected chi connectivity index (χ4v) is 6.01. The Labute approximate surface area is 224 Å². The zero-order valence-corrected chi connectivity index (χ0v) is 21.6. The lowest BCUT2D eigenvalue weighted by Crippen LogP contribution is -2.34. The second kappa shape index (κ2) is 10.9. The standard InChI is InChI=1S/C25H22FN3O4.C4H8S/c26-17-9-18-19(10-22(28-18)33-21-12-32-24-20(30)11-31-25(21)24)29-23(17)15-3-1-13(2-4-15)14-5-7-16(27)8-6-14;1-2-4-5-3-1/h1-10,20-21,24-25,28,30H,11-12,27H2;1-4H2/t20?,21?,24-,25-;/m1./s1. The van der Waals surface area contributed by atoms with Gasteiger partial charge in [0.25, 0.3) is 0 Å². The lowest BCUT2D eigenvalue weighted by Gasteiger charge is -2.16. The van der Waals surface area contributed by atoms with Crippen molar-refractivity contribution in [1.29, 1.82) is 0 Å². The molecule has 0 spiro atoms. The van der Waals surface area contributed by atoms with E-state index in [1.807, 2.05) is 48.5 Å². The Hall–Kier alpha value is -3.11. The van der Waals surface area contributed by atoms with Gasteiger partial charge in [0.15, 0.2) is 17.8 Å². The number of fused-ring (bicyclic) bond motifs is 2. The summed E-state index contributed by atoms with van der Waals surface area (Å²) in [7, 11) is 0. The predicted molar refractivity (Wildman–Crippen MR) is 148 cm³/mol. The number of ether oxygens (including phenoxy) is 3. The fourth-order valence-electron chi connectivity index (χ4n) is 4.99. The zero-order chi connectivity index (χ0) is 26.1. The van der Waals surface area contributed by atoms with Crippen molar-refractivity contribution in [1.82, 2.24) is 9.97 Å². The Bertz CT molecular complexity index is 1380. The number of pyridine rings is 1. The SMILES string of the molecule is C1CCSC1.Nc1ccc(-c2ccc(-c3nc4cc(OC5CO[C@@H]6C(O)CO[C@H]56)[nH]c4cc3F)cc2)cc1. The van der Waals surface area contributed by atoms with Crippen LogP contribution in [0.15, 0.2) is 60.7 Å². The Balaban J connectivity index is 0.000000476. The highest BCUT2D eigenvalue weighted by molar-refractivity contribution is 7.99. The van der Waals surface area contributed by atoms with E-state index in [-0.39, 0.29) is 30.6 Å². The van der Waals surface area contributed by atoms with E-state index in [0.29, 0.717) is 34.8 Å². The van der Waals surface area contributed by atoms with Gasteiger partial charge in [-0.25, -0.2) is 9.37 Å². The molecule has 0 bridgehead atoms. The summed E-state index contributed by atoms with van der Waals surface area (Å²) in [5.74, 6) is 2.86. The van der Waals surface area contributed by atoms with Crippen LogP contribution in [0.4, 0.5) is 10.1 Å². The van der Waals surface area contributed by atoms with Crippen LogP contribution in [0.25, 0.3) is 33.4 Å². The van der Waals surface area contributed by atoms with Crippen LogP contribution in [-0.4, -0.2) is 64.2 Å². The third kappa shape index (κ3) is 5.24. The minimum atomic E-state index is -0.643. The maximum absolute atomic E-state index is 14.9.